The van der Waals surface area contributed by atoms with Gasteiger partial charge in [0, 0.05) is 12.6 Å². The zero-order valence-electron chi connectivity index (χ0n) is 6.93. The first-order chi connectivity index (χ1) is 5.31. The quantitative estimate of drug-likeness (QED) is 0.625. The molecule has 2 saturated heterocycles. The summed E-state index contributed by atoms with van der Waals surface area (Å²) in [5, 5.41) is 3.54. The van der Waals surface area contributed by atoms with E-state index >= 15 is 0 Å². The van der Waals surface area contributed by atoms with Gasteiger partial charge in [0.25, 0.3) is 0 Å². The van der Waals surface area contributed by atoms with Crippen LogP contribution in [-0.4, -0.2) is 28.2 Å². The molecule has 1 N–H and O–H groups in total. The van der Waals surface area contributed by atoms with Crippen molar-refractivity contribution in [3.63, 3.8) is 0 Å². The van der Waals surface area contributed by atoms with Crippen LogP contribution in [0.25, 0.3) is 0 Å². The highest BCUT2D eigenvalue weighted by Crippen LogP contribution is 2.47. The summed E-state index contributed by atoms with van der Waals surface area (Å²) in [6.07, 6.45) is 2.77. The minimum atomic E-state index is 0.567. The van der Waals surface area contributed by atoms with E-state index in [0.717, 1.165) is 6.04 Å². The van der Waals surface area contributed by atoms with Crippen molar-refractivity contribution < 1.29 is 0 Å². The number of thioether (sulfide) groups is 2. The molecule has 1 unspecified atom stereocenters. The molecule has 2 aliphatic rings. The van der Waals surface area contributed by atoms with E-state index in [1.54, 1.807) is 0 Å². The molecule has 1 atom stereocenters. The minimum Gasteiger partial charge on any atom is -0.312 e. The van der Waals surface area contributed by atoms with Crippen LogP contribution in [-0.2, 0) is 0 Å². The Bertz CT molecular complexity index is 138. The molecule has 1 spiro atoms. The van der Waals surface area contributed by atoms with Gasteiger partial charge in [-0.25, -0.2) is 0 Å². The van der Waals surface area contributed by atoms with E-state index in [9.17, 15) is 0 Å². The van der Waals surface area contributed by atoms with Crippen LogP contribution in [0.15, 0.2) is 0 Å². The van der Waals surface area contributed by atoms with Crippen LogP contribution in [0.3, 0.4) is 0 Å². The summed E-state index contributed by atoms with van der Waals surface area (Å²) in [5.41, 5.74) is 0. The lowest BCUT2D eigenvalue weighted by molar-refractivity contribution is 0.663. The maximum absolute atomic E-state index is 3.54. The van der Waals surface area contributed by atoms with Crippen LogP contribution < -0.4 is 5.32 Å². The van der Waals surface area contributed by atoms with Gasteiger partial charge in [-0.3, -0.25) is 0 Å². The van der Waals surface area contributed by atoms with Crippen LogP contribution in [0.4, 0.5) is 0 Å². The van der Waals surface area contributed by atoms with Crippen molar-refractivity contribution in [2.24, 2.45) is 0 Å². The van der Waals surface area contributed by atoms with Crippen molar-refractivity contribution >= 4 is 23.5 Å². The van der Waals surface area contributed by atoms with Gasteiger partial charge in [0.2, 0.25) is 0 Å². The second kappa shape index (κ2) is 3.19. The Morgan fingerprint density at radius 1 is 1.36 bits per heavy atom. The van der Waals surface area contributed by atoms with Gasteiger partial charge >= 0.3 is 0 Å². The summed E-state index contributed by atoms with van der Waals surface area (Å²) < 4.78 is 0.567. The molecule has 64 valence electrons. The molecule has 0 bridgehead atoms. The lowest BCUT2D eigenvalue weighted by Crippen LogP contribution is -2.27. The molecule has 0 aliphatic carbocycles. The lowest BCUT2D eigenvalue weighted by Gasteiger charge is -2.31. The Morgan fingerprint density at radius 2 is 2.09 bits per heavy atom. The summed E-state index contributed by atoms with van der Waals surface area (Å²) in [4.78, 5) is 0. The minimum absolute atomic E-state index is 0.567. The first-order valence-electron chi connectivity index (χ1n) is 4.32. The molecule has 0 saturated carbocycles. The zero-order valence-corrected chi connectivity index (χ0v) is 8.56. The highest BCUT2D eigenvalue weighted by molar-refractivity contribution is 8.18. The third kappa shape index (κ3) is 1.70. The molecule has 1 nitrogen and oxygen atoms in total. The summed E-state index contributed by atoms with van der Waals surface area (Å²) >= 11 is 4.35. The van der Waals surface area contributed by atoms with E-state index in [2.05, 4.69) is 35.8 Å². The summed E-state index contributed by atoms with van der Waals surface area (Å²) in [6.45, 7) is 3.52. The fourth-order valence-electron chi connectivity index (χ4n) is 1.78. The van der Waals surface area contributed by atoms with E-state index in [1.807, 2.05) is 0 Å². The van der Waals surface area contributed by atoms with Gasteiger partial charge < -0.3 is 5.32 Å². The van der Waals surface area contributed by atoms with Crippen molar-refractivity contribution in [2.75, 3.05) is 18.1 Å². The van der Waals surface area contributed by atoms with Crippen LogP contribution >= 0.6 is 23.5 Å². The largest absolute Gasteiger partial charge is 0.312 e. The number of rotatable bonds is 0. The number of hydrogen-bond acceptors (Lipinski definition) is 3. The topological polar surface area (TPSA) is 12.0 Å². The zero-order chi connectivity index (χ0) is 7.73. The highest BCUT2D eigenvalue weighted by Gasteiger charge is 2.39. The Hall–Kier alpha value is 0.660. The predicted molar refractivity (Wildman–Crippen MR) is 54.3 cm³/mol. The Labute approximate surface area is 77.1 Å². The monoisotopic (exact) mass is 189 g/mol. The molecular formula is C8H15NS2. The third-order valence-electron chi connectivity index (χ3n) is 2.36. The van der Waals surface area contributed by atoms with Crippen molar-refractivity contribution in [3.8, 4) is 0 Å². The molecular weight excluding hydrogens is 174 g/mol. The standard InChI is InChI=1S/C8H15NS2/c1-7-5-8(6-9-7)10-3-2-4-11-8/h7,9H,2-6H2,1H3. The van der Waals surface area contributed by atoms with Crippen LogP contribution in [0, 0.1) is 0 Å². The lowest BCUT2D eigenvalue weighted by atomic mass is 10.2. The summed E-state index contributed by atoms with van der Waals surface area (Å²) in [7, 11) is 0. The van der Waals surface area contributed by atoms with Gasteiger partial charge in [0.1, 0.15) is 0 Å². The van der Waals surface area contributed by atoms with Gasteiger partial charge in [0.05, 0.1) is 4.08 Å². The fraction of sp³-hybridized carbons (Fsp3) is 1.00. The Balaban J connectivity index is 1.98. The molecule has 2 rings (SSSR count). The Kier molecular flexibility index (Phi) is 2.40. The fourth-order valence-corrected chi connectivity index (χ4v) is 5.22. The van der Waals surface area contributed by atoms with Crippen molar-refractivity contribution in [3.05, 3.63) is 0 Å². The van der Waals surface area contributed by atoms with E-state index in [-0.39, 0.29) is 0 Å². The predicted octanol–water partition coefficient (Wildman–Crippen LogP) is 1.93. The van der Waals surface area contributed by atoms with Crippen LogP contribution in [0.1, 0.15) is 19.8 Å². The van der Waals surface area contributed by atoms with Crippen LogP contribution in [0.2, 0.25) is 0 Å². The number of hydrogen-bond donors (Lipinski definition) is 1. The van der Waals surface area contributed by atoms with Gasteiger partial charge in [-0.15, -0.1) is 23.5 Å². The average molecular weight is 189 g/mol. The molecule has 11 heavy (non-hydrogen) atoms. The smallest absolute Gasteiger partial charge is 0.0749 e. The van der Waals surface area contributed by atoms with Crippen LogP contribution in [0.5, 0.6) is 0 Å². The molecule has 0 aromatic carbocycles. The van der Waals surface area contributed by atoms with Gasteiger partial charge in [-0.1, -0.05) is 0 Å². The maximum Gasteiger partial charge on any atom is 0.0749 e. The normalized spacial score (nSPS) is 36.3. The molecule has 0 aromatic heterocycles. The van der Waals surface area contributed by atoms with Gasteiger partial charge in [-0.2, -0.15) is 0 Å². The SMILES string of the molecule is CC1CC2(CN1)SCCCS2. The second-order valence-electron chi connectivity index (χ2n) is 3.45. The molecule has 2 aliphatic heterocycles. The maximum atomic E-state index is 3.54. The van der Waals surface area contributed by atoms with E-state index in [1.165, 1.54) is 30.9 Å². The van der Waals surface area contributed by atoms with Gasteiger partial charge in [0.15, 0.2) is 0 Å². The summed E-state index contributed by atoms with van der Waals surface area (Å²) in [6, 6.07) is 0.744. The van der Waals surface area contributed by atoms with Crippen molar-refractivity contribution in [1.29, 1.82) is 0 Å². The molecule has 2 fully saturated rings. The van der Waals surface area contributed by atoms with Gasteiger partial charge in [-0.05, 0) is 31.3 Å². The molecule has 0 amide bonds. The van der Waals surface area contributed by atoms with E-state index < -0.39 is 0 Å². The van der Waals surface area contributed by atoms with E-state index in [4.69, 9.17) is 0 Å². The average Bonchev–Trinajstić information content (AvgIpc) is 2.34. The van der Waals surface area contributed by atoms with Crippen molar-refractivity contribution in [2.45, 2.75) is 29.9 Å². The number of nitrogens with one attached hydrogen (secondary N) is 1. The van der Waals surface area contributed by atoms with E-state index in [0.29, 0.717) is 4.08 Å². The molecule has 0 aromatic rings. The second-order valence-corrected chi connectivity index (χ2v) is 6.66. The molecule has 0 radical (unpaired) electrons. The molecule has 3 heteroatoms. The van der Waals surface area contributed by atoms with Crippen molar-refractivity contribution in [1.82, 2.24) is 5.32 Å². The molecule has 2 heterocycles. The first-order valence-corrected chi connectivity index (χ1v) is 6.29. The first kappa shape index (κ1) is 8.27. The summed E-state index contributed by atoms with van der Waals surface area (Å²) in [5.74, 6) is 2.75. The third-order valence-corrected chi connectivity index (χ3v) is 5.72. The highest BCUT2D eigenvalue weighted by atomic mass is 32.2. The Morgan fingerprint density at radius 3 is 2.64 bits per heavy atom.